The van der Waals surface area contributed by atoms with E-state index in [-0.39, 0.29) is 5.02 Å². The third-order valence-electron chi connectivity index (χ3n) is 1.03. The maximum absolute atomic E-state index is 12.5. The molecule has 10 heavy (non-hydrogen) atoms. The van der Waals surface area contributed by atoms with Crippen LogP contribution in [0.5, 0.6) is 0 Å². The van der Waals surface area contributed by atoms with Crippen LogP contribution in [0.1, 0.15) is 0 Å². The molecule has 0 aromatic heterocycles. The van der Waals surface area contributed by atoms with Gasteiger partial charge in [-0.15, -0.1) is 0 Å². The standard InChI is InChI=1S/C6H3AsClFO/c8-6-4(7-10)2-1-3-5(6)9/h1-3H. The van der Waals surface area contributed by atoms with E-state index in [1.54, 1.807) is 6.07 Å². The Balaban J connectivity index is 3.27. The van der Waals surface area contributed by atoms with Crippen LogP contribution in [0, 0.1) is 5.82 Å². The summed E-state index contributed by atoms with van der Waals surface area (Å²) in [6.07, 6.45) is 0. The summed E-state index contributed by atoms with van der Waals surface area (Å²) in [5, 5.41) is -0.0162. The summed E-state index contributed by atoms with van der Waals surface area (Å²) in [6, 6.07) is 4.28. The quantitative estimate of drug-likeness (QED) is 0.649. The van der Waals surface area contributed by atoms with Gasteiger partial charge in [0.05, 0.1) is 0 Å². The summed E-state index contributed by atoms with van der Waals surface area (Å²) in [7, 11) is 0. The summed E-state index contributed by atoms with van der Waals surface area (Å²) in [4.78, 5) is 0. The molecule has 0 spiro atoms. The van der Waals surface area contributed by atoms with Crippen LogP contribution >= 0.6 is 11.6 Å². The third kappa shape index (κ3) is 1.44. The van der Waals surface area contributed by atoms with Crippen molar-refractivity contribution in [3.63, 3.8) is 0 Å². The van der Waals surface area contributed by atoms with E-state index in [0.29, 0.717) is 4.35 Å². The molecule has 0 atom stereocenters. The fourth-order valence-corrected chi connectivity index (χ4v) is 1.57. The summed E-state index contributed by atoms with van der Waals surface area (Å²) in [5.74, 6) is -0.509. The monoisotopic (exact) mass is 220 g/mol. The van der Waals surface area contributed by atoms with Gasteiger partial charge in [-0.1, -0.05) is 0 Å². The summed E-state index contributed by atoms with van der Waals surface area (Å²) in [5.41, 5.74) is 0. The van der Waals surface area contributed by atoms with E-state index in [1.807, 2.05) is 0 Å². The number of rotatable bonds is 1. The predicted octanol–water partition coefficient (Wildman–Crippen LogP) is 1.15. The van der Waals surface area contributed by atoms with E-state index >= 15 is 0 Å². The average molecular weight is 220 g/mol. The molecule has 0 aliphatic heterocycles. The first-order chi connectivity index (χ1) is 4.75. The van der Waals surface area contributed by atoms with Gasteiger partial charge >= 0.3 is 68.8 Å². The van der Waals surface area contributed by atoms with Crippen molar-refractivity contribution in [1.29, 1.82) is 0 Å². The zero-order chi connectivity index (χ0) is 7.56. The first-order valence-electron chi connectivity index (χ1n) is 2.53. The van der Waals surface area contributed by atoms with Crippen LogP contribution in [-0.4, -0.2) is 15.7 Å². The van der Waals surface area contributed by atoms with E-state index in [1.165, 1.54) is 12.1 Å². The van der Waals surface area contributed by atoms with Gasteiger partial charge in [-0.05, 0) is 0 Å². The number of hydrogen-bond donors (Lipinski definition) is 0. The Labute approximate surface area is 69.1 Å². The molecule has 0 radical (unpaired) electrons. The Hall–Kier alpha value is -0.202. The fraction of sp³-hybridized carbons (Fsp3) is 0. The molecule has 0 aliphatic rings. The van der Waals surface area contributed by atoms with E-state index in [0.717, 1.165) is 0 Å². The summed E-state index contributed by atoms with van der Waals surface area (Å²) < 4.78 is 23.3. The Morgan fingerprint density at radius 2 is 2.20 bits per heavy atom. The van der Waals surface area contributed by atoms with Crippen LogP contribution in [0.25, 0.3) is 0 Å². The van der Waals surface area contributed by atoms with Crippen molar-refractivity contribution in [2.45, 2.75) is 0 Å². The van der Waals surface area contributed by atoms with Crippen LogP contribution in [0.15, 0.2) is 18.2 Å². The molecular weight excluding hydrogens is 217 g/mol. The first-order valence-corrected chi connectivity index (χ1v) is 4.61. The minimum absolute atomic E-state index is 0.0162. The molecule has 0 saturated carbocycles. The second-order valence-electron chi connectivity index (χ2n) is 1.66. The van der Waals surface area contributed by atoms with Crippen molar-refractivity contribution >= 4 is 31.6 Å². The van der Waals surface area contributed by atoms with Crippen LogP contribution in [0.4, 0.5) is 4.39 Å². The first kappa shape index (κ1) is 7.90. The normalized spacial score (nSPS) is 10.2. The fourth-order valence-electron chi connectivity index (χ4n) is 0.563. The molecule has 52 valence electrons. The second kappa shape index (κ2) is 3.27. The van der Waals surface area contributed by atoms with Gasteiger partial charge in [-0.25, -0.2) is 0 Å². The molecule has 0 amide bonds. The van der Waals surface area contributed by atoms with Gasteiger partial charge in [0.25, 0.3) is 0 Å². The van der Waals surface area contributed by atoms with Gasteiger partial charge in [-0.2, -0.15) is 0 Å². The molecule has 0 saturated heterocycles. The topological polar surface area (TPSA) is 17.1 Å². The van der Waals surface area contributed by atoms with Crippen molar-refractivity contribution in [3.05, 3.63) is 29.0 Å². The van der Waals surface area contributed by atoms with E-state index in [4.69, 9.17) is 11.6 Å². The third-order valence-corrected chi connectivity index (χ3v) is 2.90. The van der Waals surface area contributed by atoms with Crippen LogP contribution in [-0.2, 0) is 3.74 Å². The van der Waals surface area contributed by atoms with Gasteiger partial charge < -0.3 is 0 Å². The zero-order valence-corrected chi connectivity index (χ0v) is 7.48. The van der Waals surface area contributed by atoms with Gasteiger partial charge in [0.1, 0.15) is 0 Å². The molecular formula is C6H3AsClFO. The molecule has 1 rings (SSSR count). The van der Waals surface area contributed by atoms with Gasteiger partial charge in [0.2, 0.25) is 0 Å². The number of hydrogen-bond acceptors (Lipinski definition) is 1. The number of halogens is 2. The Morgan fingerprint density at radius 3 is 2.70 bits per heavy atom. The van der Waals surface area contributed by atoms with E-state index in [9.17, 15) is 8.13 Å². The molecule has 0 aliphatic carbocycles. The maximum atomic E-state index is 12.5. The van der Waals surface area contributed by atoms with E-state index in [2.05, 4.69) is 0 Å². The Morgan fingerprint density at radius 1 is 1.50 bits per heavy atom. The molecule has 0 bridgehead atoms. The van der Waals surface area contributed by atoms with Gasteiger partial charge in [0.15, 0.2) is 0 Å². The summed E-state index contributed by atoms with van der Waals surface area (Å²) >= 11 is 4.22. The molecule has 1 aromatic rings. The van der Waals surface area contributed by atoms with Crippen LogP contribution in [0.3, 0.4) is 0 Å². The van der Waals surface area contributed by atoms with Crippen molar-refractivity contribution in [2.75, 3.05) is 0 Å². The molecule has 0 heterocycles. The molecule has 0 unspecified atom stereocenters. The zero-order valence-electron chi connectivity index (χ0n) is 4.84. The van der Waals surface area contributed by atoms with E-state index < -0.39 is 21.5 Å². The van der Waals surface area contributed by atoms with Crippen LogP contribution < -0.4 is 4.35 Å². The van der Waals surface area contributed by atoms with Crippen molar-refractivity contribution < 1.29 is 8.13 Å². The Kier molecular flexibility index (Phi) is 2.58. The predicted molar refractivity (Wildman–Crippen MR) is 37.5 cm³/mol. The van der Waals surface area contributed by atoms with Crippen molar-refractivity contribution in [2.24, 2.45) is 0 Å². The summed E-state index contributed by atoms with van der Waals surface area (Å²) in [6.45, 7) is 0. The molecule has 1 aromatic carbocycles. The minimum atomic E-state index is -1.22. The number of benzene rings is 1. The molecule has 0 fully saturated rings. The average Bonchev–Trinajstić information content (AvgIpc) is 1.95. The molecule has 4 heteroatoms. The van der Waals surface area contributed by atoms with Gasteiger partial charge in [-0.3, -0.25) is 0 Å². The van der Waals surface area contributed by atoms with Crippen molar-refractivity contribution in [3.8, 4) is 0 Å². The Bertz CT molecular complexity index is 264. The SMILES string of the molecule is O=[As]c1cccc(F)c1Cl. The van der Waals surface area contributed by atoms with Crippen LogP contribution in [0.2, 0.25) is 5.02 Å². The second-order valence-corrected chi connectivity index (χ2v) is 3.44. The molecule has 0 N–H and O–H groups in total. The van der Waals surface area contributed by atoms with Gasteiger partial charge in [0, 0.05) is 0 Å². The van der Waals surface area contributed by atoms with Crippen molar-refractivity contribution in [1.82, 2.24) is 0 Å². The molecule has 1 nitrogen and oxygen atoms in total.